The van der Waals surface area contributed by atoms with Gasteiger partial charge in [0, 0.05) is 30.2 Å². The van der Waals surface area contributed by atoms with Gasteiger partial charge in [-0.15, -0.1) is 0 Å². The Balaban J connectivity index is 1.96. The molecule has 1 aliphatic heterocycles. The molecule has 0 radical (unpaired) electrons. The molecule has 1 fully saturated rings. The second kappa shape index (κ2) is 6.36. The van der Waals surface area contributed by atoms with Crippen LogP contribution in [0.1, 0.15) is 18.1 Å². The molecule has 2 N–H and O–H groups in total. The minimum atomic E-state index is -0.498. The van der Waals surface area contributed by atoms with Gasteiger partial charge in [0.15, 0.2) is 0 Å². The standard InChI is InChI=1S/C13H19ClN2O/c14-12-5-2-1-4-11(12)13(17)10-16-8-3-6-15-7-9-16/h1-2,4-5,13,15,17H,3,6-10H2. The number of benzene rings is 1. The van der Waals surface area contributed by atoms with Crippen LogP contribution in [0, 0.1) is 0 Å². The topological polar surface area (TPSA) is 35.5 Å². The van der Waals surface area contributed by atoms with Crippen molar-refractivity contribution in [2.45, 2.75) is 12.5 Å². The van der Waals surface area contributed by atoms with Crippen molar-refractivity contribution in [2.24, 2.45) is 0 Å². The monoisotopic (exact) mass is 254 g/mol. The molecule has 3 nitrogen and oxygen atoms in total. The molecule has 2 rings (SSSR count). The van der Waals surface area contributed by atoms with Crippen LogP contribution in [0.15, 0.2) is 24.3 Å². The maximum Gasteiger partial charge on any atom is 0.0931 e. The second-order valence-electron chi connectivity index (χ2n) is 4.44. The SMILES string of the molecule is OC(CN1CCCNCC1)c1ccccc1Cl. The zero-order valence-electron chi connectivity index (χ0n) is 9.90. The third-order valence-electron chi connectivity index (χ3n) is 3.13. The maximum atomic E-state index is 10.2. The third-order valence-corrected chi connectivity index (χ3v) is 3.47. The molecule has 4 heteroatoms. The van der Waals surface area contributed by atoms with Crippen molar-refractivity contribution in [3.8, 4) is 0 Å². The van der Waals surface area contributed by atoms with Gasteiger partial charge in [0.2, 0.25) is 0 Å². The zero-order chi connectivity index (χ0) is 12.1. The minimum absolute atomic E-state index is 0.498. The molecular weight excluding hydrogens is 236 g/mol. The molecule has 1 unspecified atom stereocenters. The van der Waals surface area contributed by atoms with E-state index >= 15 is 0 Å². The van der Waals surface area contributed by atoms with Crippen molar-refractivity contribution < 1.29 is 5.11 Å². The predicted molar refractivity (Wildman–Crippen MR) is 70.3 cm³/mol. The van der Waals surface area contributed by atoms with Gasteiger partial charge in [-0.05, 0) is 25.6 Å². The van der Waals surface area contributed by atoms with Gasteiger partial charge in [0.25, 0.3) is 0 Å². The van der Waals surface area contributed by atoms with Crippen molar-refractivity contribution in [2.75, 3.05) is 32.7 Å². The second-order valence-corrected chi connectivity index (χ2v) is 4.85. The van der Waals surface area contributed by atoms with E-state index in [1.54, 1.807) is 0 Å². The summed E-state index contributed by atoms with van der Waals surface area (Å²) < 4.78 is 0. The number of aliphatic hydroxyl groups is 1. The molecule has 1 heterocycles. The average molecular weight is 255 g/mol. The number of rotatable bonds is 3. The van der Waals surface area contributed by atoms with Crippen molar-refractivity contribution >= 4 is 11.6 Å². The minimum Gasteiger partial charge on any atom is -0.387 e. The first-order valence-corrected chi connectivity index (χ1v) is 6.51. The highest BCUT2D eigenvalue weighted by Crippen LogP contribution is 2.23. The molecule has 1 aromatic rings. The quantitative estimate of drug-likeness (QED) is 0.862. The van der Waals surface area contributed by atoms with E-state index < -0.39 is 6.10 Å². The Morgan fingerprint density at radius 2 is 2.12 bits per heavy atom. The summed E-state index contributed by atoms with van der Waals surface area (Å²) in [6.45, 7) is 4.75. The van der Waals surface area contributed by atoms with E-state index in [0.29, 0.717) is 11.6 Å². The van der Waals surface area contributed by atoms with Gasteiger partial charge in [-0.3, -0.25) is 4.90 Å². The first-order valence-electron chi connectivity index (χ1n) is 6.13. The van der Waals surface area contributed by atoms with Crippen LogP contribution in [-0.4, -0.2) is 42.7 Å². The molecule has 17 heavy (non-hydrogen) atoms. The van der Waals surface area contributed by atoms with Crippen LogP contribution in [-0.2, 0) is 0 Å². The molecule has 0 amide bonds. The van der Waals surface area contributed by atoms with Gasteiger partial charge < -0.3 is 10.4 Å². The van der Waals surface area contributed by atoms with Crippen LogP contribution in [0.4, 0.5) is 0 Å². The Hall–Kier alpha value is -0.610. The summed E-state index contributed by atoms with van der Waals surface area (Å²) in [6, 6.07) is 7.51. The lowest BCUT2D eigenvalue weighted by atomic mass is 10.1. The highest BCUT2D eigenvalue weighted by Gasteiger charge is 2.16. The van der Waals surface area contributed by atoms with E-state index in [4.69, 9.17) is 11.6 Å². The van der Waals surface area contributed by atoms with Crippen LogP contribution in [0.25, 0.3) is 0 Å². The fourth-order valence-electron chi connectivity index (χ4n) is 2.17. The van der Waals surface area contributed by atoms with Crippen LogP contribution in [0.5, 0.6) is 0 Å². The molecule has 1 atom stereocenters. The molecular formula is C13H19ClN2O. The number of nitrogens with one attached hydrogen (secondary N) is 1. The Kier molecular flexibility index (Phi) is 4.80. The summed E-state index contributed by atoms with van der Waals surface area (Å²) in [5, 5.41) is 14.2. The zero-order valence-corrected chi connectivity index (χ0v) is 10.7. The number of aliphatic hydroxyl groups excluding tert-OH is 1. The molecule has 0 aliphatic carbocycles. The summed E-state index contributed by atoms with van der Waals surface area (Å²) in [5.74, 6) is 0. The van der Waals surface area contributed by atoms with Crippen LogP contribution in [0.2, 0.25) is 5.02 Å². The first kappa shape index (κ1) is 12.8. The van der Waals surface area contributed by atoms with E-state index in [0.717, 1.165) is 38.2 Å². The Labute approximate surface area is 107 Å². The van der Waals surface area contributed by atoms with Crippen LogP contribution in [0.3, 0.4) is 0 Å². The van der Waals surface area contributed by atoms with E-state index in [2.05, 4.69) is 10.2 Å². The lowest BCUT2D eigenvalue weighted by Gasteiger charge is -2.23. The number of halogens is 1. The van der Waals surface area contributed by atoms with E-state index in [1.165, 1.54) is 0 Å². The van der Waals surface area contributed by atoms with Crippen molar-refractivity contribution in [1.82, 2.24) is 10.2 Å². The molecule has 1 aromatic carbocycles. The molecule has 1 saturated heterocycles. The lowest BCUT2D eigenvalue weighted by Crippen LogP contribution is -2.32. The van der Waals surface area contributed by atoms with Crippen molar-refractivity contribution in [3.63, 3.8) is 0 Å². The molecule has 0 spiro atoms. The van der Waals surface area contributed by atoms with Crippen molar-refractivity contribution in [1.29, 1.82) is 0 Å². The highest BCUT2D eigenvalue weighted by molar-refractivity contribution is 6.31. The summed E-state index contributed by atoms with van der Waals surface area (Å²) in [5.41, 5.74) is 0.825. The van der Waals surface area contributed by atoms with E-state index in [1.807, 2.05) is 24.3 Å². The van der Waals surface area contributed by atoms with E-state index in [9.17, 15) is 5.11 Å². The largest absolute Gasteiger partial charge is 0.387 e. The summed E-state index contributed by atoms with van der Waals surface area (Å²) in [7, 11) is 0. The molecule has 1 aliphatic rings. The molecule has 0 bridgehead atoms. The van der Waals surface area contributed by atoms with Gasteiger partial charge in [-0.1, -0.05) is 29.8 Å². The average Bonchev–Trinajstić information content (AvgIpc) is 2.58. The fourth-order valence-corrected chi connectivity index (χ4v) is 2.43. The van der Waals surface area contributed by atoms with Gasteiger partial charge in [-0.25, -0.2) is 0 Å². The number of hydrogen-bond acceptors (Lipinski definition) is 3. The number of β-amino-alcohol motifs (C(OH)–C–C–N with tert-alkyl or cyclic N) is 1. The van der Waals surface area contributed by atoms with Crippen LogP contribution < -0.4 is 5.32 Å². The predicted octanol–water partition coefficient (Wildman–Crippen LogP) is 1.67. The normalized spacial score (nSPS) is 19.9. The Bertz CT molecular complexity index is 351. The summed E-state index contributed by atoms with van der Waals surface area (Å²) in [4.78, 5) is 2.29. The molecule has 0 aromatic heterocycles. The Morgan fingerprint density at radius 3 is 2.94 bits per heavy atom. The molecule has 0 saturated carbocycles. The lowest BCUT2D eigenvalue weighted by molar-refractivity contribution is 0.117. The van der Waals surface area contributed by atoms with E-state index in [-0.39, 0.29) is 0 Å². The van der Waals surface area contributed by atoms with Gasteiger partial charge in [-0.2, -0.15) is 0 Å². The smallest absolute Gasteiger partial charge is 0.0931 e. The summed E-state index contributed by atoms with van der Waals surface area (Å²) in [6.07, 6.45) is 0.636. The highest BCUT2D eigenvalue weighted by atomic mass is 35.5. The van der Waals surface area contributed by atoms with Crippen molar-refractivity contribution in [3.05, 3.63) is 34.9 Å². The Morgan fingerprint density at radius 1 is 1.29 bits per heavy atom. The number of nitrogens with zero attached hydrogens (tertiary/aromatic N) is 1. The number of hydrogen-bond donors (Lipinski definition) is 2. The van der Waals surface area contributed by atoms with Crippen LogP contribution >= 0.6 is 11.6 Å². The van der Waals surface area contributed by atoms with Gasteiger partial charge in [0.05, 0.1) is 6.10 Å². The summed E-state index contributed by atoms with van der Waals surface area (Å²) >= 11 is 6.08. The third kappa shape index (κ3) is 3.68. The molecule has 94 valence electrons. The fraction of sp³-hybridized carbons (Fsp3) is 0.538. The first-order chi connectivity index (χ1) is 8.27. The van der Waals surface area contributed by atoms with Gasteiger partial charge in [0.1, 0.15) is 0 Å². The van der Waals surface area contributed by atoms with Gasteiger partial charge >= 0.3 is 0 Å². The maximum absolute atomic E-state index is 10.2.